The van der Waals surface area contributed by atoms with E-state index < -0.39 is 0 Å². The Morgan fingerprint density at radius 3 is 3.00 bits per heavy atom. The Morgan fingerprint density at radius 2 is 2.43 bits per heavy atom. The van der Waals surface area contributed by atoms with E-state index in [0.717, 1.165) is 13.1 Å². The second-order valence-electron chi connectivity index (χ2n) is 4.24. The van der Waals surface area contributed by atoms with E-state index in [1.165, 1.54) is 0 Å². The van der Waals surface area contributed by atoms with Crippen molar-refractivity contribution in [3.63, 3.8) is 0 Å². The van der Waals surface area contributed by atoms with Gasteiger partial charge in [-0.25, -0.2) is 0 Å². The van der Waals surface area contributed by atoms with Gasteiger partial charge in [-0.1, -0.05) is 0 Å². The first-order chi connectivity index (χ1) is 6.53. The van der Waals surface area contributed by atoms with Crippen LogP contribution in [0.25, 0.3) is 0 Å². The minimum Gasteiger partial charge on any atom is -0.367 e. The molecule has 1 aliphatic heterocycles. The molecule has 0 aromatic heterocycles. The zero-order chi connectivity index (χ0) is 10.6. The first kappa shape index (κ1) is 11.4. The highest BCUT2D eigenvalue weighted by molar-refractivity contribution is 4.83. The maximum absolute atomic E-state index is 8.54. The van der Waals surface area contributed by atoms with E-state index in [1.54, 1.807) is 6.92 Å². The van der Waals surface area contributed by atoms with Crippen LogP contribution in [0.2, 0.25) is 0 Å². The lowest BCUT2D eigenvalue weighted by Gasteiger charge is -2.36. The molecule has 0 radical (unpaired) electrons. The van der Waals surface area contributed by atoms with E-state index in [4.69, 9.17) is 14.7 Å². The molecule has 2 atom stereocenters. The first-order valence-electron chi connectivity index (χ1n) is 4.93. The van der Waals surface area contributed by atoms with Crippen molar-refractivity contribution in [2.45, 2.75) is 38.6 Å². The van der Waals surface area contributed by atoms with E-state index in [1.807, 2.05) is 19.9 Å². The van der Waals surface area contributed by atoms with Crippen molar-refractivity contribution in [1.29, 1.82) is 5.26 Å². The summed E-state index contributed by atoms with van der Waals surface area (Å²) in [7, 11) is 0. The van der Waals surface area contributed by atoms with Gasteiger partial charge in [0.1, 0.15) is 6.10 Å². The Kier molecular flexibility index (Phi) is 3.87. The third-order valence-electron chi connectivity index (χ3n) is 2.12. The summed E-state index contributed by atoms with van der Waals surface area (Å²) >= 11 is 0. The van der Waals surface area contributed by atoms with Crippen LogP contribution >= 0.6 is 0 Å². The number of rotatable bonds is 3. The summed E-state index contributed by atoms with van der Waals surface area (Å²) in [5.74, 6) is 0. The molecule has 0 spiro atoms. The lowest BCUT2D eigenvalue weighted by atomic mass is 10.1. The van der Waals surface area contributed by atoms with Crippen LogP contribution < -0.4 is 5.32 Å². The average molecular weight is 198 g/mol. The number of hydrogen-bond acceptors (Lipinski definition) is 4. The largest absolute Gasteiger partial charge is 0.367 e. The van der Waals surface area contributed by atoms with E-state index >= 15 is 0 Å². The highest BCUT2D eigenvalue weighted by Gasteiger charge is 2.28. The van der Waals surface area contributed by atoms with Crippen LogP contribution in [0.5, 0.6) is 0 Å². The van der Waals surface area contributed by atoms with Crippen LogP contribution in [0, 0.1) is 11.3 Å². The van der Waals surface area contributed by atoms with E-state index in [0.29, 0.717) is 6.61 Å². The van der Waals surface area contributed by atoms with Crippen molar-refractivity contribution in [1.82, 2.24) is 5.32 Å². The van der Waals surface area contributed by atoms with E-state index in [9.17, 15) is 0 Å². The van der Waals surface area contributed by atoms with Crippen LogP contribution in [0.4, 0.5) is 0 Å². The summed E-state index contributed by atoms with van der Waals surface area (Å²) in [6.45, 7) is 7.95. The van der Waals surface area contributed by atoms with Gasteiger partial charge in [-0.2, -0.15) is 5.26 Å². The molecule has 0 amide bonds. The average Bonchev–Trinajstić information content (AvgIpc) is 2.12. The van der Waals surface area contributed by atoms with Gasteiger partial charge in [-0.15, -0.1) is 0 Å². The van der Waals surface area contributed by atoms with Crippen molar-refractivity contribution in [2.24, 2.45) is 0 Å². The van der Waals surface area contributed by atoms with E-state index in [2.05, 4.69) is 5.32 Å². The predicted octanol–water partition coefficient (Wildman–Crippen LogP) is 0.682. The summed E-state index contributed by atoms with van der Waals surface area (Å²) in [6.07, 6.45) is -0.307. The molecular weight excluding hydrogens is 180 g/mol. The minimum atomic E-state index is -0.358. The van der Waals surface area contributed by atoms with Crippen molar-refractivity contribution in [3.05, 3.63) is 0 Å². The topological polar surface area (TPSA) is 54.3 Å². The fourth-order valence-corrected chi connectivity index (χ4v) is 1.45. The van der Waals surface area contributed by atoms with Crippen molar-refractivity contribution in [2.75, 3.05) is 19.7 Å². The molecule has 0 bridgehead atoms. The fraction of sp³-hybridized carbons (Fsp3) is 0.900. The highest BCUT2D eigenvalue weighted by Crippen LogP contribution is 2.15. The van der Waals surface area contributed by atoms with Gasteiger partial charge in [-0.3, -0.25) is 0 Å². The van der Waals surface area contributed by atoms with Crippen molar-refractivity contribution >= 4 is 0 Å². The van der Waals surface area contributed by atoms with Gasteiger partial charge in [0, 0.05) is 13.1 Å². The molecule has 1 heterocycles. The Hall–Kier alpha value is -0.630. The number of nitrogens with one attached hydrogen (secondary N) is 1. The summed E-state index contributed by atoms with van der Waals surface area (Å²) in [4.78, 5) is 0. The van der Waals surface area contributed by atoms with Gasteiger partial charge in [0.25, 0.3) is 0 Å². The first-order valence-corrected chi connectivity index (χ1v) is 4.93. The minimum absolute atomic E-state index is 0.0505. The molecule has 1 saturated heterocycles. The number of ether oxygens (including phenoxy) is 2. The maximum atomic E-state index is 8.54. The molecule has 0 aromatic carbocycles. The molecule has 4 heteroatoms. The molecule has 1 aliphatic rings. The lowest BCUT2D eigenvalue weighted by molar-refractivity contribution is -0.123. The molecule has 1 fully saturated rings. The van der Waals surface area contributed by atoms with Crippen molar-refractivity contribution < 1.29 is 9.47 Å². The SMILES string of the molecule is CC(C#N)OCC1CNCC(C)(C)O1. The molecule has 2 unspecified atom stereocenters. The number of hydrogen-bond donors (Lipinski definition) is 1. The predicted molar refractivity (Wildman–Crippen MR) is 52.8 cm³/mol. The third-order valence-corrected chi connectivity index (χ3v) is 2.12. The van der Waals surface area contributed by atoms with Crippen LogP contribution in [-0.4, -0.2) is 37.5 Å². The smallest absolute Gasteiger partial charge is 0.141 e. The molecule has 4 nitrogen and oxygen atoms in total. The van der Waals surface area contributed by atoms with E-state index in [-0.39, 0.29) is 17.8 Å². The molecule has 0 aliphatic carbocycles. The quantitative estimate of drug-likeness (QED) is 0.724. The molecule has 80 valence electrons. The third kappa shape index (κ3) is 3.62. The van der Waals surface area contributed by atoms with Crippen LogP contribution in [0.3, 0.4) is 0 Å². The normalized spacial score (nSPS) is 28.0. The van der Waals surface area contributed by atoms with Crippen molar-refractivity contribution in [3.8, 4) is 6.07 Å². The zero-order valence-corrected chi connectivity index (χ0v) is 9.04. The molecule has 0 aromatic rings. The molecule has 0 saturated carbocycles. The summed E-state index contributed by atoms with van der Waals surface area (Å²) in [5, 5.41) is 11.8. The zero-order valence-electron chi connectivity index (χ0n) is 9.04. The summed E-state index contributed by atoms with van der Waals surface area (Å²) in [6, 6.07) is 2.03. The molecular formula is C10H18N2O2. The second kappa shape index (κ2) is 4.74. The Bertz CT molecular complexity index is 223. The number of morpholine rings is 1. The second-order valence-corrected chi connectivity index (χ2v) is 4.24. The van der Waals surface area contributed by atoms with Crippen LogP contribution in [0.1, 0.15) is 20.8 Å². The van der Waals surface area contributed by atoms with Gasteiger partial charge in [0.05, 0.1) is 24.4 Å². The highest BCUT2D eigenvalue weighted by atomic mass is 16.6. The summed E-state index contributed by atoms with van der Waals surface area (Å²) < 4.78 is 11.1. The van der Waals surface area contributed by atoms with Gasteiger partial charge < -0.3 is 14.8 Å². The summed E-state index contributed by atoms with van der Waals surface area (Å²) in [5.41, 5.74) is -0.137. The van der Waals surface area contributed by atoms with Crippen LogP contribution in [-0.2, 0) is 9.47 Å². The Balaban J connectivity index is 2.28. The number of nitriles is 1. The van der Waals surface area contributed by atoms with Gasteiger partial charge >= 0.3 is 0 Å². The van der Waals surface area contributed by atoms with Gasteiger partial charge in [-0.05, 0) is 20.8 Å². The fourth-order valence-electron chi connectivity index (χ4n) is 1.45. The standard InChI is InChI=1S/C10H18N2O2/c1-8(4-11)13-6-9-5-12-7-10(2,3)14-9/h8-9,12H,5-7H2,1-3H3. The number of nitrogens with zero attached hydrogens (tertiary/aromatic N) is 1. The molecule has 14 heavy (non-hydrogen) atoms. The molecule has 1 N–H and O–H groups in total. The Morgan fingerprint density at radius 1 is 1.71 bits per heavy atom. The van der Waals surface area contributed by atoms with Crippen LogP contribution in [0.15, 0.2) is 0 Å². The Labute approximate surface area is 85.2 Å². The van der Waals surface area contributed by atoms with Gasteiger partial charge in [0.15, 0.2) is 0 Å². The lowest BCUT2D eigenvalue weighted by Crippen LogP contribution is -2.52. The molecule has 1 rings (SSSR count). The maximum Gasteiger partial charge on any atom is 0.141 e. The van der Waals surface area contributed by atoms with Gasteiger partial charge in [0.2, 0.25) is 0 Å². The monoisotopic (exact) mass is 198 g/mol.